The topological polar surface area (TPSA) is 35.3 Å². The second-order valence-electron chi connectivity index (χ2n) is 4.77. The molecule has 110 valence electrons. The number of aromatic nitrogens is 1. The predicted molar refractivity (Wildman–Crippen MR) is 87.7 cm³/mol. The van der Waals surface area contributed by atoms with Gasteiger partial charge in [-0.3, -0.25) is 0 Å². The number of benzene rings is 2. The molecule has 0 saturated carbocycles. The molecule has 0 bridgehead atoms. The Morgan fingerprint density at radius 2 is 1.59 bits per heavy atom. The number of hydrogen-bond acceptors (Lipinski definition) is 3. The minimum atomic E-state index is 0.288. The van der Waals surface area contributed by atoms with E-state index in [2.05, 4.69) is 4.98 Å². The first-order chi connectivity index (χ1) is 10.9. The van der Waals surface area contributed by atoms with E-state index in [1.165, 1.54) is 0 Å². The third-order valence-electron chi connectivity index (χ3n) is 3.23. The van der Waals surface area contributed by atoms with Gasteiger partial charge in [0.2, 0.25) is 0 Å². The van der Waals surface area contributed by atoms with E-state index in [0.29, 0.717) is 6.61 Å². The molecule has 3 rings (SSSR count). The molecule has 3 aromatic rings. The summed E-state index contributed by atoms with van der Waals surface area (Å²) in [6.45, 7) is 2.39. The second-order valence-corrected chi connectivity index (χ2v) is 4.77. The Morgan fingerprint density at radius 1 is 0.955 bits per heavy atom. The molecule has 3 nitrogen and oxygen atoms in total. The Kier molecular flexibility index (Phi) is 4.35. The van der Waals surface area contributed by atoms with Crippen LogP contribution in [-0.2, 0) is 0 Å². The summed E-state index contributed by atoms with van der Waals surface area (Å²) in [5, 5.41) is 0. The molecule has 0 aliphatic carbocycles. The van der Waals surface area contributed by atoms with Gasteiger partial charge in [0.15, 0.2) is 5.76 Å². The Bertz CT molecular complexity index is 689. The number of oxazole rings is 1. The molecule has 0 aliphatic heterocycles. The van der Waals surface area contributed by atoms with E-state index in [1.807, 2.05) is 79.7 Å². The zero-order valence-corrected chi connectivity index (χ0v) is 12.4. The Labute approximate surface area is 129 Å². The highest BCUT2D eigenvalue weighted by Crippen LogP contribution is 2.34. The van der Waals surface area contributed by atoms with E-state index in [9.17, 15) is 0 Å². The lowest BCUT2D eigenvalue weighted by Crippen LogP contribution is -1.92. The van der Waals surface area contributed by atoms with Crippen LogP contribution in [0.1, 0.15) is 6.92 Å². The highest BCUT2D eigenvalue weighted by atomic mass is 16.6. The van der Waals surface area contributed by atoms with Crippen molar-refractivity contribution in [3.63, 3.8) is 0 Å². The van der Waals surface area contributed by atoms with E-state index in [-0.39, 0.29) is 6.08 Å². The van der Waals surface area contributed by atoms with Gasteiger partial charge in [0.05, 0.1) is 0 Å². The fourth-order valence-corrected chi connectivity index (χ4v) is 2.15. The molecule has 0 spiro atoms. The molecule has 0 aliphatic rings. The van der Waals surface area contributed by atoms with Crippen LogP contribution in [0.25, 0.3) is 22.6 Å². The summed E-state index contributed by atoms with van der Waals surface area (Å²) in [5.41, 5.74) is 2.78. The van der Waals surface area contributed by atoms with E-state index in [0.717, 1.165) is 22.6 Å². The first-order valence-corrected chi connectivity index (χ1v) is 7.24. The monoisotopic (exact) mass is 291 g/mol. The molecule has 0 fully saturated rings. The Balaban J connectivity index is 2.02. The lowest BCUT2D eigenvalue weighted by atomic mass is 10.1. The highest BCUT2D eigenvalue weighted by molar-refractivity contribution is 5.77. The number of ether oxygens (including phenoxy) is 1. The zero-order chi connectivity index (χ0) is 15.2. The van der Waals surface area contributed by atoms with Crippen LogP contribution in [0, 0.1) is 0 Å². The third kappa shape index (κ3) is 3.09. The van der Waals surface area contributed by atoms with Crippen LogP contribution in [0.15, 0.2) is 77.2 Å². The summed E-state index contributed by atoms with van der Waals surface area (Å²) in [5.74, 6) is 0.724. The van der Waals surface area contributed by atoms with Gasteiger partial charge < -0.3 is 9.15 Å². The molecule has 1 heterocycles. The van der Waals surface area contributed by atoms with Crippen LogP contribution in [-0.4, -0.2) is 11.6 Å². The largest absolute Gasteiger partial charge is 0.446 e. The summed E-state index contributed by atoms with van der Waals surface area (Å²) in [6, 6.07) is 19.9. The van der Waals surface area contributed by atoms with Gasteiger partial charge in [-0.25, -0.2) is 0 Å². The fourth-order valence-electron chi connectivity index (χ4n) is 2.15. The maximum absolute atomic E-state index is 5.83. The van der Waals surface area contributed by atoms with Crippen LogP contribution < -0.4 is 4.74 Å². The van der Waals surface area contributed by atoms with Crippen LogP contribution in [0.5, 0.6) is 6.08 Å². The molecule has 0 amide bonds. The molecular weight excluding hydrogens is 274 g/mol. The van der Waals surface area contributed by atoms with Crippen molar-refractivity contribution in [1.29, 1.82) is 0 Å². The van der Waals surface area contributed by atoms with E-state index in [1.54, 1.807) is 0 Å². The lowest BCUT2D eigenvalue weighted by molar-refractivity contribution is 0.261. The summed E-state index contributed by atoms with van der Waals surface area (Å²) in [6.07, 6.45) is 4.13. The van der Waals surface area contributed by atoms with E-state index >= 15 is 0 Å². The van der Waals surface area contributed by atoms with Gasteiger partial charge >= 0.3 is 6.08 Å². The summed E-state index contributed by atoms with van der Waals surface area (Å²) < 4.78 is 11.4. The predicted octanol–water partition coefficient (Wildman–Crippen LogP) is 4.96. The number of rotatable bonds is 5. The van der Waals surface area contributed by atoms with Gasteiger partial charge in [0, 0.05) is 11.1 Å². The van der Waals surface area contributed by atoms with Crippen LogP contribution >= 0.6 is 0 Å². The molecule has 0 N–H and O–H groups in total. The molecule has 0 radical (unpaired) electrons. The molecule has 3 heteroatoms. The van der Waals surface area contributed by atoms with Crippen molar-refractivity contribution in [2.75, 3.05) is 6.61 Å². The summed E-state index contributed by atoms with van der Waals surface area (Å²) in [4.78, 5) is 4.51. The SMILES string of the molecule is CC=CCOc1nc(-c2ccccc2)c(-c2ccccc2)o1. The molecule has 22 heavy (non-hydrogen) atoms. The Morgan fingerprint density at radius 3 is 2.23 bits per heavy atom. The second kappa shape index (κ2) is 6.76. The van der Waals surface area contributed by atoms with E-state index < -0.39 is 0 Å². The van der Waals surface area contributed by atoms with Crippen molar-refractivity contribution in [2.24, 2.45) is 0 Å². The maximum Gasteiger partial charge on any atom is 0.395 e. The van der Waals surface area contributed by atoms with Crippen molar-refractivity contribution in [3.05, 3.63) is 72.8 Å². The van der Waals surface area contributed by atoms with Gasteiger partial charge in [0.1, 0.15) is 12.3 Å². The number of hydrogen-bond donors (Lipinski definition) is 0. The maximum atomic E-state index is 5.83. The van der Waals surface area contributed by atoms with Gasteiger partial charge in [-0.15, -0.1) is 0 Å². The Hall–Kier alpha value is -2.81. The van der Waals surface area contributed by atoms with Crippen LogP contribution in [0.3, 0.4) is 0 Å². The van der Waals surface area contributed by atoms with Crippen LogP contribution in [0.4, 0.5) is 0 Å². The van der Waals surface area contributed by atoms with Crippen molar-refractivity contribution < 1.29 is 9.15 Å². The van der Waals surface area contributed by atoms with Gasteiger partial charge in [0.25, 0.3) is 0 Å². The number of allylic oxidation sites excluding steroid dienone is 1. The van der Waals surface area contributed by atoms with Crippen LogP contribution in [0.2, 0.25) is 0 Å². The molecule has 0 atom stereocenters. The van der Waals surface area contributed by atoms with Gasteiger partial charge in [-0.1, -0.05) is 72.8 Å². The third-order valence-corrected chi connectivity index (χ3v) is 3.23. The summed E-state index contributed by atoms with van der Waals surface area (Å²) in [7, 11) is 0. The smallest absolute Gasteiger partial charge is 0.395 e. The highest BCUT2D eigenvalue weighted by Gasteiger charge is 2.17. The first kappa shape index (κ1) is 14.1. The summed E-state index contributed by atoms with van der Waals surface area (Å²) >= 11 is 0. The van der Waals surface area contributed by atoms with Crippen molar-refractivity contribution in [3.8, 4) is 28.7 Å². The quantitative estimate of drug-likeness (QED) is 0.623. The average molecular weight is 291 g/mol. The minimum absolute atomic E-state index is 0.288. The standard InChI is InChI=1S/C19H17NO2/c1-2-3-14-21-19-20-17(15-10-6-4-7-11-15)18(22-19)16-12-8-5-9-13-16/h2-13H,14H2,1H3. The van der Waals surface area contributed by atoms with Gasteiger partial charge in [-0.05, 0) is 6.92 Å². The molecular formula is C19H17NO2. The van der Waals surface area contributed by atoms with Gasteiger partial charge in [-0.2, -0.15) is 4.98 Å². The fraction of sp³-hybridized carbons (Fsp3) is 0.105. The minimum Gasteiger partial charge on any atom is -0.446 e. The lowest BCUT2D eigenvalue weighted by Gasteiger charge is -2.00. The average Bonchev–Trinajstić information content (AvgIpc) is 3.01. The van der Waals surface area contributed by atoms with Crippen molar-refractivity contribution in [2.45, 2.75) is 6.92 Å². The van der Waals surface area contributed by atoms with Crippen molar-refractivity contribution >= 4 is 0 Å². The van der Waals surface area contributed by atoms with Crippen molar-refractivity contribution in [1.82, 2.24) is 4.98 Å². The first-order valence-electron chi connectivity index (χ1n) is 7.24. The number of nitrogens with zero attached hydrogens (tertiary/aromatic N) is 1. The zero-order valence-electron chi connectivity index (χ0n) is 12.4. The molecule has 1 aromatic heterocycles. The van der Waals surface area contributed by atoms with E-state index in [4.69, 9.17) is 9.15 Å². The normalized spacial score (nSPS) is 11.0. The molecule has 0 unspecified atom stereocenters. The molecule has 0 saturated heterocycles. The molecule has 2 aromatic carbocycles.